The molecule has 3 rings (SSSR count). The fourth-order valence-electron chi connectivity index (χ4n) is 3.38. The summed E-state index contributed by atoms with van der Waals surface area (Å²) in [5.41, 5.74) is 3.54. The highest BCUT2D eigenvalue weighted by molar-refractivity contribution is 5.24. The van der Waals surface area contributed by atoms with Crippen molar-refractivity contribution in [2.24, 2.45) is 0 Å². The lowest BCUT2D eigenvalue weighted by molar-refractivity contribution is 0.0966. The van der Waals surface area contributed by atoms with Gasteiger partial charge in [-0.25, -0.2) is 0 Å². The minimum absolute atomic E-state index is 0.129. The number of nitrogens with zero attached hydrogens (tertiary/aromatic N) is 3. The molecule has 1 aliphatic heterocycles. The van der Waals surface area contributed by atoms with Crippen molar-refractivity contribution in [1.82, 2.24) is 14.7 Å². The van der Waals surface area contributed by atoms with Crippen LogP contribution in [0.15, 0.2) is 30.3 Å². The molecule has 5 nitrogen and oxygen atoms in total. The number of ether oxygens (including phenoxy) is 1. The van der Waals surface area contributed by atoms with Gasteiger partial charge in [-0.3, -0.25) is 9.58 Å². The van der Waals surface area contributed by atoms with Crippen LogP contribution in [0.1, 0.15) is 29.8 Å². The highest BCUT2D eigenvalue weighted by Gasteiger charge is 2.22. The summed E-state index contributed by atoms with van der Waals surface area (Å²) in [6.07, 6.45) is 2.41. The predicted octanol–water partition coefficient (Wildman–Crippen LogP) is 2.54. The van der Waals surface area contributed by atoms with Gasteiger partial charge in [0, 0.05) is 30.9 Å². The molecule has 1 aliphatic rings. The summed E-state index contributed by atoms with van der Waals surface area (Å²) in [5.74, 6) is 0.966. The monoisotopic (exact) mass is 329 g/mol. The molecule has 2 heterocycles. The van der Waals surface area contributed by atoms with Gasteiger partial charge in [0.25, 0.3) is 0 Å². The normalized spacial score (nSPS) is 16.5. The third kappa shape index (κ3) is 3.97. The zero-order valence-corrected chi connectivity index (χ0v) is 14.6. The number of piperidine rings is 1. The number of aromatic nitrogens is 2. The smallest absolute Gasteiger partial charge is 0.119 e. The van der Waals surface area contributed by atoms with Crippen LogP contribution in [0.2, 0.25) is 0 Å². The van der Waals surface area contributed by atoms with Gasteiger partial charge in [-0.2, -0.15) is 5.10 Å². The number of hydrogen-bond acceptors (Lipinski definition) is 4. The average molecular weight is 329 g/mol. The van der Waals surface area contributed by atoms with E-state index in [2.05, 4.69) is 23.8 Å². The van der Waals surface area contributed by atoms with Gasteiger partial charge in [0.05, 0.1) is 18.8 Å². The van der Waals surface area contributed by atoms with Crippen LogP contribution in [0.25, 0.3) is 0 Å². The number of para-hydroxylation sites is 1. The predicted molar refractivity (Wildman–Crippen MR) is 94.2 cm³/mol. The second-order valence-corrected chi connectivity index (χ2v) is 6.50. The standard InChI is InChI=1S/C19H27N3O2/c1-15-19(16(2)22(20-15)12-13-23)14-21-10-8-18(9-11-21)24-17-6-4-3-5-7-17/h3-7,18,23H,8-14H2,1-2H3. The summed E-state index contributed by atoms with van der Waals surface area (Å²) in [7, 11) is 0. The van der Waals surface area contributed by atoms with Crippen molar-refractivity contribution in [3.05, 3.63) is 47.3 Å². The summed E-state index contributed by atoms with van der Waals surface area (Å²) in [5, 5.41) is 13.7. The maximum atomic E-state index is 9.13. The van der Waals surface area contributed by atoms with Crippen molar-refractivity contribution in [1.29, 1.82) is 0 Å². The summed E-state index contributed by atoms with van der Waals surface area (Å²) >= 11 is 0. The van der Waals surface area contributed by atoms with Gasteiger partial charge in [-0.1, -0.05) is 18.2 Å². The molecule has 0 atom stereocenters. The van der Waals surface area contributed by atoms with Crippen molar-refractivity contribution in [2.45, 2.75) is 45.9 Å². The van der Waals surface area contributed by atoms with Gasteiger partial charge in [0.2, 0.25) is 0 Å². The molecule has 0 unspecified atom stereocenters. The molecule has 1 saturated heterocycles. The molecule has 0 saturated carbocycles. The molecule has 5 heteroatoms. The molecule has 24 heavy (non-hydrogen) atoms. The Morgan fingerprint density at radius 1 is 1.17 bits per heavy atom. The van der Waals surface area contributed by atoms with E-state index in [1.807, 2.05) is 35.0 Å². The van der Waals surface area contributed by atoms with Crippen LogP contribution in [0.5, 0.6) is 5.75 Å². The Morgan fingerprint density at radius 3 is 2.54 bits per heavy atom. The molecule has 2 aromatic rings. The molecule has 0 spiro atoms. The van der Waals surface area contributed by atoms with E-state index in [0.29, 0.717) is 12.6 Å². The Kier molecular flexibility index (Phi) is 5.53. The van der Waals surface area contributed by atoms with E-state index < -0.39 is 0 Å². The van der Waals surface area contributed by atoms with Crippen molar-refractivity contribution in [2.75, 3.05) is 19.7 Å². The van der Waals surface area contributed by atoms with E-state index in [-0.39, 0.29) is 6.61 Å². The Bertz CT molecular complexity index is 646. The molecule has 0 aliphatic carbocycles. The summed E-state index contributed by atoms with van der Waals surface area (Å²) in [4.78, 5) is 2.48. The number of rotatable bonds is 6. The Hall–Kier alpha value is -1.85. The van der Waals surface area contributed by atoms with Crippen LogP contribution in [0.4, 0.5) is 0 Å². The first-order chi connectivity index (χ1) is 11.7. The summed E-state index contributed by atoms with van der Waals surface area (Å²) < 4.78 is 7.98. The third-order valence-electron chi connectivity index (χ3n) is 4.81. The first-order valence-electron chi connectivity index (χ1n) is 8.75. The average Bonchev–Trinajstić information content (AvgIpc) is 2.85. The highest BCUT2D eigenvalue weighted by Crippen LogP contribution is 2.22. The van der Waals surface area contributed by atoms with Crippen molar-refractivity contribution >= 4 is 0 Å². The number of aliphatic hydroxyl groups excluding tert-OH is 1. The fraction of sp³-hybridized carbons (Fsp3) is 0.526. The van der Waals surface area contributed by atoms with Gasteiger partial charge in [-0.05, 0) is 38.8 Å². The minimum Gasteiger partial charge on any atom is -0.490 e. The molecule has 1 N–H and O–H groups in total. The van der Waals surface area contributed by atoms with Crippen LogP contribution >= 0.6 is 0 Å². The summed E-state index contributed by atoms with van der Waals surface area (Å²) in [6, 6.07) is 10.1. The van der Waals surface area contributed by atoms with Gasteiger partial charge in [-0.15, -0.1) is 0 Å². The molecule has 1 aromatic heterocycles. The molecular weight excluding hydrogens is 302 g/mol. The van der Waals surface area contributed by atoms with Crippen LogP contribution in [0.3, 0.4) is 0 Å². The van der Waals surface area contributed by atoms with E-state index in [9.17, 15) is 0 Å². The van der Waals surface area contributed by atoms with Gasteiger partial charge < -0.3 is 9.84 Å². The number of hydrogen-bond donors (Lipinski definition) is 1. The second-order valence-electron chi connectivity index (χ2n) is 6.50. The van der Waals surface area contributed by atoms with E-state index in [1.165, 1.54) is 11.3 Å². The third-order valence-corrected chi connectivity index (χ3v) is 4.81. The lowest BCUT2D eigenvalue weighted by Gasteiger charge is -2.32. The van der Waals surface area contributed by atoms with Crippen LogP contribution in [-0.4, -0.2) is 45.6 Å². The maximum Gasteiger partial charge on any atom is 0.119 e. The van der Waals surface area contributed by atoms with Crippen LogP contribution in [-0.2, 0) is 13.1 Å². The molecule has 0 radical (unpaired) electrons. The first-order valence-corrected chi connectivity index (χ1v) is 8.75. The quantitative estimate of drug-likeness (QED) is 0.885. The number of aryl methyl sites for hydroxylation is 1. The number of benzene rings is 1. The van der Waals surface area contributed by atoms with Crippen molar-refractivity contribution < 1.29 is 9.84 Å². The molecule has 130 valence electrons. The fourth-order valence-corrected chi connectivity index (χ4v) is 3.38. The van der Waals surface area contributed by atoms with Gasteiger partial charge in [0.15, 0.2) is 0 Å². The van der Waals surface area contributed by atoms with Crippen LogP contribution < -0.4 is 4.74 Å². The molecule has 1 aromatic carbocycles. The molecule has 0 bridgehead atoms. The largest absolute Gasteiger partial charge is 0.490 e. The minimum atomic E-state index is 0.129. The zero-order valence-electron chi connectivity index (χ0n) is 14.6. The Labute approximate surface area is 143 Å². The van der Waals surface area contributed by atoms with E-state index in [0.717, 1.165) is 43.9 Å². The second kappa shape index (κ2) is 7.81. The van der Waals surface area contributed by atoms with Gasteiger partial charge >= 0.3 is 0 Å². The first kappa shape index (κ1) is 17.0. The van der Waals surface area contributed by atoms with Gasteiger partial charge in [0.1, 0.15) is 11.9 Å². The Morgan fingerprint density at radius 2 is 1.88 bits per heavy atom. The maximum absolute atomic E-state index is 9.13. The molecule has 1 fully saturated rings. The lowest BCUT2D eigenvalue weighted by atomic mass is 10.1. The Balaban J connectivity index is 1.54. The topological polar surface area (TPSA) is 50.5 Å². The summed E-state index contributed by atoms with van der Waals surface area (Å²) in [6.45, 7) is 7.87. The zero-order chi connectivity index (χ0) is 16.9. The van der Waals surface area contributed by atoms with E-state index in [1.54, 1.807) is 0 Å². The molecule has 0 amide bonds. The lowest BCUT2D eigenvalue weighted by Crippen LogP contribution is -2.38. The number of likely N-dealkylation sites (tertiary alicyclic amines) is 1. The SMILES string of the molecule is Cc1nn(CCO)c(C)c1CN1CCC(Oc2ccccc2)CC1. The van der Waals surface area contributed by atoms with Crippen molar-refractivity contribution in [3.8, 4) is 5.75 Å². The highest BCUT2D eigenvalue weighted by atomic mass is 16.5. The van der Waals surface area contributed by atoms with E-state index in [4.69, 9.17) is 9.84 Å². The van der Waals surface area contributed by atoms with Crippen LogP contribution in [0, 0.1) is 13.8 Å². The van der Waals surface area contributed by atoms with Crippen molar-refractivity contribution in [3.63, 3.8) is 0 Å². The number of aliphatic hydroxyl groups is 1. The van der Waals surface area contributed by atoms with E-state index >= 15 is 0 Å². The molecular formula is C19H27N3O2.